The van der Waals surface area contributed by atoms with Crippen molar-refractivity contribution in [1.29, 1.82) is 0 Å². The fourth-order valence-corrected chi connectivity index (χ4v) is 4.01. The number of hydrogen-bond donors (Lipinski definition) is 2. The molecule has 0 spiro atoms. The number of rotatable bonds is 1. The Bertz CT molecular complexity index is 935. The van der Waals surface area contributed by atoms with E-state index in [1.54, 1.807) is 0 Å². The molecule has 0 aromatic heterocycles. The van der Waals surface area contributed by atoms with Crippen LogP contribution in [0.2, 0.25) is 0 Å². The van der Waals surface area contributed by atoms with Crippen LogP contribution in [0.25, 0.3) is 0 Å². The second-order valence-corrected chi connectivity index (χ2v) is 8.32. The number of nitrogens with one attached hydrogen (secondary N) is 2. The van der Waals surface area contributed by atoms with E-state index < -0.39 is 0 Å². The monoisotopic (exact) mass is 449 g/mol. The Labute approximate surface area is 199 Å². The topological polar surface area (TPSA) is 58.5 Å². The predicted octanol–water partition coefficient (Wildman–Crippen LogP) is 4.27. The second kappa shape index (κ2) is 11.8. The van der Waals surface area contributed by atoms with Crippen LogP contribution >= 0.6 is 0 Å². The molecule has 2 aromatic rings. The maximum absolute atomic E-state index is 4.98. The van der Waals surface area contributed by atoms with Gasteiger partial charge in [0.15, 0.2) is 6.17 Å². The number of hydrazone groups is 1. The zero-order valence-electron chi connectivity index (χ0n) is 20.9. The Kier molecular flexibility index (Phi) is 8.86. The molecule has 3 aliphatic rings. The molecule has 0 radical (unpaired) electrons. The van der Waals surface area contributed by atoms with E-state index in [1.807, 2.05) is 50.3 Å². The lowest BCUT2D eigenvalue weighted by atomic mass is 10.0. The molecule has 0 saturated carbocycles. The summed E-state index contributed by atoms with van der Waals surface area (Å²) < 4.78 is 0. The molecular formula is C26H39N7. The van der Waals surface area contributed by atoms with E-state index in [1.165, 1.54) is 22.4 Å². The van der Waals surface area contributed by atoms with Crippen molar-refractivity contribution in [3.8, 4) is 0 Å². The molecule has 3 aliphatic heterocycles. The maximum atomic E-state index is 4.98. The average Bonchev–Trinajstić information content (AvgIpc) is 3.15. The first-order valence-electron chi connectivity index (χ1n) is 12.0. The quantitative estimate of drug-likeness (QED) is 0.681. The smallest absolute Gasteiger partial charge is 0.164 e. The molecule has 0 aliphatic carbocycles. The van der Waals surface area contributed by atoms with Gasteiger partial charge < -0.3 is 15.6 Å². The number of amidine groups is 1. The van der Waals surface area contributed by atoms with Crippen LogP contribution in [-0.4, -0.2) is 67.2 Å². The second-order valence-electron chi connectivity index (χ2n) is 8.32. The highest BCUT2D eigenvalue weighted by molar-refractivity contribution is 6.29. The van der Waals surface area contributed by atoms with Crippen LogP contribution < -0.4 is 10.7 Å². The highest BCUT2D eigenvalue weighted by Crippen LogP contribution is 2.36. The molecule has 2 atom stereocenters. The van der Waals surface area contributed by atoms with E-state index in [9.17, 15) is 0 Å². The number of hydrogen-bond acceptors (Lipinski definition) is 7. The summed E-state index contributed by atoms with van der Waals surface area (Å²) in [6, 6.07) is 17.2. The molecule has 33 heavy (non-hydrogen) atoms. The minimum Gasteiger partial charge on any atom is -0.353 e. The molecule has 2 N–H and O–H groups in total. The largest absolute Gasteiger partial charge is 0.353 e. The summed E-state index contributed by atoms with van der Waals surface area (Å²) in [7, 11) is 4.06. The lowest BCUT2D eigenvalue weighted by Gasteiger charge is -2.33. The highest BCUT2D eigenvalue weighted by Gasteiger charge is 2.27. The molecule has 2 aromatic carbocycles. The molecule has 178 valence electrons. The van der Waals surface area contributed by atoms with Crippen LogP contribution in [0.4, 0.5) is 5.69 Å². The van der Waals surface area contributed by atoms with Gasteiger partial charge in [-0.05, 0) is 37.1 Å². The van der Waals surface area contributed by atoms with Crippen molar-refractivity contribution < 1.29 is 0 Å². The van der Waals surface area contributed by atoms with Crippen LogP contribution in [0.15, 0.2) is 58.6 Å². The first kappa shape index (κ1) is 24.7. The van der Waals surface area contributed by atoms with Gasteiger partial charge in [-0.1, -0.05) is 55.8 Å². The minimum absolute atomic E-state index is 0.0664. The van der Waals surface area contributed by atoms with Gasteiger partial charge in [0.25, 0.3) is 0 Å². The minimum atomic E-state index is -0.0664. The lowest BCUT2D eigenvalue weighted by molar-refractivity contribution is 0.255. The van der Waals surface area contributed by atoms with Gasteiger partial charge in [0.1, 0.15) is 5.84 Å². The fraction of sp³-hybridized carbons (Fsp3) is 0.462. The van der Waals surface area contributed by atoms with Gasteiger partial charge in [0.2, 0.25) is 0 Å². The summed E-state index contributed by atoms with van der Waals surface area (Å²) >= 11 is 0. The third-order valence-corrected chi connectivity index (χ3v) is 6.05. The molecule has 1 fully saturated rings. The molecule has 2 unspecified atom stereocenters. The van der Waals surface area contributed by atoms with Crippen LogP contribution in [0.5, 0.6) is 0 Å². The molecule has 7 nitrogen and oxygen atoms in total. The summed E-state index contributed by atoms with van der Waals surface area (Å²) in [5.41, 5.74) is 8.39. The average molecular weight is 450 g/mol. The third kappa shape index (κ3) is 6.12. The number of piperazine rings is 1. The number of aliphatic imine (C=N–C) groups is 1. The fourth-order valence-electron chi connectivity index (χ4n) is 4.01. The summed E-state index contributed by atoms with van der Waals surface area (Å²) in [4.78, 5) is 7.29. The standard InChI is InChI=1S/C17H25N7.C7H8.C2H6/c1-12-14-10-13(4-5-15(14)21-22(12)2)17-20-16(11-19-23(17)3)24-8-6-18-7-9-24;1-7-5-3-2-4-6-7;1-2/h4-5,10-12,17-18,21H,6-9H2,1-3H3;2-6H,1H3;1-2H3. The number of nitrogens with zero attached hydrogens (tertiary/aromatic N) is 5. The molecule has 3 heterocycles. The SMILES string of the molecule is CC.CC1c2cc(C3N=C(N4CCNCC4)C=NN3C)ccc2NN1C.Cc1ccccc1. The van der Waals surface area contributed by atoms with E-state index in [-0.39, 0.29) is 6.17 Å². The Morgan fingerprint density at radius 1 is 0.970 bits per heavy atom. The van der Waals surface area contributed by atoms with Gasteiger partial charge in [0.05, 0.1) is 17.9 Å². The van der Waals surface area contributed by atoms with Gasteiger partial charge in [-0.2, -0.15) is 5.10 Å². The van der Waals surface area contributed by atoms with E-state index >= 15 is 0 Å². The number of benzene rings is 2. The third-order valence-electron chi connectivity index (χ3n) is 6.05. The van der Waals surface area contributed by atoms with Crippen molar-refractivity contribution in [3.05, 3.63) is 65.2 Å². The van der Waals surface area contributed by atoms with Crippen LogP contribution in [0.1, 0.15) is 49.7 Å². The first-order valence-corrected chi connectivity index (χ1v) is 12.0. The molecule has 7 heteroatoms. The van der Waals surface area contributed by atoms with Crippen molar-refractivity contribution in [1.82, 2.24) is 20.2 Å². The van der Waals surface area contributed by atoms with Gasteiger partial charge in [-0.25, -0.2) is 10.0 Å². The Morgan fingerprint density at radius 3 is 2.30 bits per heavy atom. The van der Waals surface area contributed by atoms with Gasteiger partial charge >= 0.3 is 0 Å². The van der Waals surface area contributed by atoms with Crippen LogP contribution in [0, 0.1) is 6.92 Å². The first-order chi connectivity index (χ1) is 16.0. The van der Waals surface area contributed by atoms with Crippen molar-refractivity contribution in [3.63, 3.8) is 0 Å². The number of hydrazine groups is 1. The Hall–Kier alpha value is -2.90. The summed E-state index contributed by atoms with van der Waals surface area (Å²) in [5.74, 6) is 0.989. The molecule has 5 rings (SSSR count). The van der Waals surface area contributed by atoms with Crippen LogP contribution in [-0.2, 0) is 0 Å². The van der Waals surface area contributed by atoms with Crippen molar-refractivity contribution in [2.75, 3.05) is 45.7 Å². The van der Waals surface area contributed by atoms with Gasteiger partial charge in [-0.3, -0.25) is 5.01 Å². The van der Waals surface area contributed by atoms with Gasteiger partial charge in [0, 0.05) is 40.3 Å². The zero-order valence-corrected chi connectivity index (χ0v) is 20.9. The van der Waals surface area contributed by atoms with E-state index in [0.717, 1.165) is 32.0 Å². The molecule has 0 amide bonds. The molecule has 1 saturated heterocycles. The molecule has 0 bridgehead atoms. The predicted molar refractivity (Wildman–Crippen MR) is 140 cm³/mol. The van der Waals surface area contributed by atoms with Crippen LogP contribution in [0.3, 0.4) is 0 Å². The van der Waals surface area contributed by atoms with E-state index in [2.05, 4.69) is 77.0 Å². The van der Waals surface area contributed by atoms with E-state index in [0.29, 0.717) is 6.04 Å². The Balaban J connectivity index is 0.000000289. The Morgan fingerprint density at radius 2 is 1.67 bits per heavy atom. The van der Waals surface area contributed by atoms with Crippen molar-refractivity contribution in [2.45, 2.75) is 39.9 Å². The summed E-state index contributed by atoms with van der Waals surface area (Å²) in [5, 5.41) is 12.0. The van der Waals surface area contributed by atoms with Crippen molar-refractivity contribution in [2.24, 2.45) is 10.1 Å². The van der Waals surface area contributed by atoms with Gasteiger partial charge in [-0.15, -0.1) is 0 Å². The zero-order chi connectivity index (χ0) is 23.8. The summed E-state index contributed by atoms with van der Waals surface area (Å²) in [6.45, 7) is 12.3. The lowest BCUT2D eigenvalue weighted by Crippen LogP contribution is -2.48. The number of anilines is 1. The van der Waals surface area contributed by atoms with E-state index in [4.69, 9.17) is 4.99 Å². The summed E-state index contributed by atoms with van der Waals surface area (Å²) in [6.07, 6.45) is 1.82. The van der Waals surface area contributed by atoms with Crippen molar-refractivity contribution >= 4 is 17.7 Å². The number of aryl methyl sites for hydroxylation is 1. The highest BCUT2D eigenvalue weighted by atomic mass is 15.5. The maximum Gasteiger partial charge on any atom is 0.164 e. The number of fused-ring (bicyclic) bond motifs is 1. The normalized spacial score (nSPS) is 21.7. The molecular weight excluding hydrogens is 410 g/mol.